The van der Waals surface area contributed by atoms with Crippen LogP contribution in [0, 0.1) is 6.92 Å². The van der Waals surface area contributed by atoms with E-state index in [0.717, 1.165) is 5.56 Å². The molecular weight excluding hydrogens is 330 g/mol. The average Bonchev–Trinajstić information content (AvgIpc) is 3.06. The Bertz CT molecular complexity index is 618. The number of aryl methyl sites for hydroxylation is 1. The van der Waals surface area contributed by atoms with Gasteiger partial charge in [0.05, 0.1) is 6.20 Å². The van der Waals surface area contributed by atoms with Crippen molar-refractivity contribution >= 4 is 0 Å². The molecule has 0 bridgehead atoms. The van der Waals surface area contributed by atoms with Crippen LogP contribution in [0.15, 0.2) is 24.4 Å². The van der Waals surface area contributed by atoms with E-state index in [-0.39, 0.29) is 6.61 Å². The van der Waals surface area contributed by atoms with E-state index in [1.165, 1.54) is 6.92 Å². The van der Waals surface area contributed by atoms with Crippen LogP contribution in [0.4, 0.5) is 0 Å². The van der Waals surface area contributed by atoms with Gasteiger partial charge >= 0.3 is 0 Å². The van der Waals surface area contributed by atoms with Crippen LogP contribution in [0.1, 0.15) is 31.1 Å². The molecule has 2 aromatic rings. The van der Waals surface area contributed by atoms with Crippen molar-refractivity contribution in [3.8, 4) is 11.3 Å². The summed E-state index contributed by atoms with van der Waals surface area (Å²) in [5, 5.41) is 56.0. The van der Waals surface area contributed by atoms with Gasteiger partial charge in [-0.1, -0.05) is 12.1 Å². The van der Waals surface area contributed by atoms with Gasteiger partial charge in [0.2, 0.25) is 0 Å². The molecule has 0 saturated carbocycles. The van der Waals surface area contributed by atoms with Crippen molar-refractivity contribution in [3.05, 3.63) is 35.5 Å². The van der Waals surface area contributed by atoms with Crippen LogP contribution in [0.2, 0.25) is 0 Å². The van der Waals surface area contributed by atoms with E-state index in [1.807, 2.05) is 0 Å². The Morgan fingerprint density at radius 2 is 1.84 bits per heavy atom. The lowest BCUT2D eigenvalue weighted by Crippen LogP contribution is -2.37. The molecule has 3 unspecified atom stereocenters. The Labute approximate surface area is 145 Å². The molecule has 1 heterocycles. The van der Waals surface area contributed by atoms with E-state index >= 15 is 0 Å². The SMILES string of the molecule is CCO.Cc1cc(-c2cn[nH]n2)ccc1C(O)C(OC(C)O)C(O)O. The van der Waals surface area contributed by atoms with E-state index in [0.29, 0.717) is 16.8 Å². The average molecular weight is 355 g/mol. The van der Waals surface area contributed by atoms with Gasteiger partial charge in [0.25, 0.3) is 0 Å². The molecule has 1 aromatic heterocycles. The third-order valence-electron chi connectivity index (χ3n) is 3.26. The summed E-state index contributed by atoms with van der Waals surface area (Å²) in [6.45, 7) is 5.02. The zero-order valence-corrected chi connectivity index (χ0v) is 14.4. The van der Waals surface area contributed by atoms with Crippen molar-refractivity contribution in [1.82, 2.24) is 15.4 Å². The molecule has 0 fully saturated rings. The highest BCUT2D eigenvalue weighted by Crippen LogP contribution is 2.28. The lowest BCUT2D eigenvalue weighted by Gasteiger charge is -2.27. The summed E-state index contributed by atoms with van der Waals surface area (Å²) in [5.41, 5.74) is 2.64. The van der Waals surface area contributed by atoms with E-state index in [1.54, 1.807) is 38.2 Å². The molecule has 0 aliphatic heterocycles. The highest BCUT2D eigenvalue weighted by atomic mass is 16.6. The Kier molecular flexibility index (Phi) is 8.62. The van der Waals surface area contributed by atoms with Gasteiger partial charge in [0.1, 0.15) is 17.9 Å². The number of aromatic nitrogens is 3. The summed E-state index contributed by atoms with van der Waals surface area (Å²) in [6, 6.07) is 5.16. The zero-order valence-electron chi connectivity index (χ0n) is 14.4. The number of hydrogen-bond acceptors (Lipinski definition) is 8. The molecule has 0 amide bonds. The van der Waals surface area contributed by atoms with Crippen molar-refractivity contribution < 1.29 is 30.3 Å². The topological polar surface area (TPSA) is 152 Å². The lowest BCUT2D eigenvalue weighted by molar-refractivity contribution is -0.233. The number of hydrogen-bond donors (Lipinski definition) is 6. The molecule has 6 N–H and O–H groups in total. The third-order valence-corrected chi connectivity index (χ3v) is 3.26. The molecule has 0 saturated heterocycles. The van der Waals surface area contributed by atoms with Crippen LogP contribution in [-0.2, 0) is 4.74 Å². The number of benzene rings is 1. The van der Waals surface area contributed by atoms with Crippen molar-refractivity contribution in [3.63, 3.8) is 0 Å². The summed E-state index contributed by atoms with van der Waals surface area (Å²) in [7, 11) is 0. The number of nitrogens with one attached hydrogen (secondary N) is 1. The monoisotopic (exact) mass is 355 g/mol. The van der Waals surface area contributed by atoms with Gasteiger partial charge < -0.3 is 30.3 Å². The predicted molar refractivity (Wildman–Crippen MR) is 89.1 cm³/mol. The minimum atomic E-state index is -1.93. The molecule has 3 atom stereocenters. The van der Waals surface area contributed by atoms with Crippen LogP contribution >= 0.6 is 0 Å². The van der Waals surface area contributed by atoms with Crippen LogP contribution < -0.4 is 0 Å². The molecule has 9 nitrogen and oxygen atoms in total. The van der Waals surface area contributed by atoms with Gasteiger partial charge in [-0.05, 0) is 38.0 Å². The molecule has 9 heteroatoms. The first kappa shape index (κ1) is 21.2. The van der Waals surface area contributed by atoms with Crippen LogP contribution in [0.3, 0.4) is 0 Å². The number of nitrogens with zero attached hydrogens (tertiary/aromatic N) is 2. The summed E-state index contributed by atoms with van der Waals surface area (Å²) in [5.74, 6) is 0. The Morgan fingerprint density at radius 3 is 2.28 bits per heavy atom. The second-order valence-corrected chi connectivity index (χ2v) is 5.30. The van der Waals surface area contributed by atoms with Gasteiger partial charge in [-0.25, -0.2) is 0 Å². The highest BCUT2D eigenvalue weighted by molar-refractivity contribution is 5.59. The molecule has 1 aromatic carbocycles. The number of aliphatic hydroxyl groups is 5. The first-order valence-electron chi connectivity index (χ1n) is 7.77. The minimum Gasteiger partial charge on any atom is -0.397 e. The van der Waals surface area contributed by atoms with Gasteiger partial charge in [0.15, 0.2) is 12.6 Å². The standard InChI is InChI=1S/C14H19N3O5.C2H6O/c1-7-5-9(11-6-15-17-16-11)3-4-10(7)12(19)13(14(20)21)22-8(2)18;1-2-3/h3-6,8,12-14,18-21H,1-2H3,(H,15,16,17);3H,2H2,1H3. The lowest BCUT2D eigenvalue weighted by atomic mass is 9.96. The second kappa shape index (κ2) is 10.2. The van der Waals surface area contributed by atoms with Crippen molar-refractivity contribution in [2.24, 2.45) is 0 Å². The van der Waals surface area contributed by atoms with E-state index in [9.17, 15) is 20.4 Å². The van der Waals surface area contributed by atoms with Crippen molar-refractivity contribution in [1.29, 1.82) is 0 Å². The maximum absolute atomic E-state index is 10.3. The predicted octanol–water partition coefficient (Wildman–Crippen LogP) is -0.154. The summed E-state index contributed by atoms with van der Waals surface area (Å²) < 4.78 is 4.96. The van der Waals surface area contributed by atoms with E-state index in [4.69, 9.17) is 9.84 Å². The minimum absolute atomic E-state index is 0.250. The molecule has 0 aliphatic carbocycles. The molecule has 140 valence electrons. The summed E-state index contributed by atoms with van der Waals surface area (Å²) >= 11 is 0. The quantitative estimate of drug-likeness (QED) is 0.391. The molecule has 0 radical (unpaired) electrons. The maximum Gasteiger partial charge on any atom is 0.181 e. The fourth-order valence-electron chi connectivity index (χ4n) is 2.22. The van der Waals surface area contributed by atoms with Crippen molar-refractivity contribution in [2.45, 2.75) is 45.6 Å². The maximum atomic E-state index is 10.3. The van der Waals surface area contributed by atoms with Crippen LogP contribution in [-0.4, -0.2) is 66.2 Å². The molecule has 0 spiro atoms. The first-order valence-corrected chi connectivity index (χ1v) is 7.77. The number of ether oxygens (including phenoxy) is 1. The molecule has 25 heavy (non-hydrogen) atoms. The summed E-state index contributed by atoms with van der Waals surface area (Å²) in [4.78, 5) is 0. The van der Waals surface area contributed by atoms with Gasteiger partial charge in [-0.3, -0.25) is 0 Å². The van der Waals surface area contributed by atoms with Gasteiger partial charge in [-0.2, -0.15) is 15.4 Å². The van der Waals surface area contributed by atoms with Crippen LogP contribution in [0.5, 0.6) is 0 Å². The highest BCUT2D eigenvalue weighted by Gasteiger charge is 2.30. The number of H-pyrrole nitrogens is 1. The smallest absolute Gasteiger partial charge is 0.181 e. The Balaban J connectivity index is 0.000000970. The molecule has 2 rings (SSSR count). The number of aromatic amines is 1. The van der Waals surface area contributed by atoms with Gasteiger partial charge in [-0.15, -0.1) is 0 Å². The Hall–Kier alpha value is -1.88. The fraction of sp³-hybridized carbons (Fsp3) is 0.500. The normalized spacial score (nSPS) is 14.6. The molecule has 0 aliphatic rings. The Morgan fingerprint density at radius 1 is 1.20 bits per heavy atom. The largest absolute Gasteiger partial charge is 0.397 e. The van der Waals surface area contributed by atoms with Gasteiger partial charge in [0, 0.05) is 12.2 Å². The number of aliphatic hydroxyl groups excluding tert-OH is 4. The first-order chi connectivity index (χ1) is 11.8. The molecular formula is C16H25N3O6. The van der Waals surface area contributed by atoms with Crippen molar-refractivity contribution in [2.75, 3.05) is 6.61 Å². The third kappa shape index (κ3) is 6.16. The zero-order chi connectivity index (χ0) is 19.0. The second-order valence-electron chi connectivity index (χ2n) is 5.30. The summed E-state index contributed by atoms with van der Waals surface area (Å²) in [6.07, 6.45) is -4.27. The number of rotatable bonds is 6. The fourth-order valence-corrected chi connectivity index (χ4v) is 2.22. The van der Waals surface area contributed by atoms with Crippen LogP contribution in [0.25, 0.3) is 11.3 Å². The van der Waals surface area contributed by atoms with E-state index < -0.39 is 24.8 Å². The van der Waals surface area contributed by atoms with E-state index in [2.05, 4.69) is 15.4 Å².